The minimum absolute atomic E-state index is 0. The summed E-state index contributed by atoms with van der Waals surface area (Å²) in [6.07, 6.45) is 3.33. The molecule has 4 aromatic rings. The second-order valence-corrected chi connectivity index (χ2v) is 5.31. The molecule has 0 unspecified atom stereocenters. The molecule has 115 valence electrons. The Hall–Kier alpha value is -2.22. The van der Waals surface area contributed by atoms with Crippen LogP contribution in [0.15, 0.2) is 72.8 Å². The summed E-state index contributed by atoms with van der Waals surface area (Å²) in [7, 11) is 2.01. The van der Waals surface area contributed by atoms with Gasteiger partial charge in [-0.05, 0) is 0 Å². The van der Waals surface area contributed by atoms with Gasteiger partial charge in [-0.2, -0.15) is 24.3 Å². The molecule has 1 heterocycles. The Labute approximate surface area is 149 Å². The van der Waals surface area contributed by atoms with E-state index in [2.05, 4.69) is 60.9 Å². The second-order valence-electron chi connectivity index (χ2n) is 5.31. The number of aromatic nitrogens is 2. The number of fused-ring (bicyclic) bond motifs is 1. The Kier molecular flexibility index (Phi) is 4.42. The van der Waals surface area contributed by atoms with Crippen molar-refractivity contribution in [3.8, 4) is 16.8 Å². The van der Waals surface area contributed by atoms with E-state index in [9.17, 15) is 0 Å². The van der Waals surface area contributed by atoms with Crippen LogP contribution in [0, 0.1) is 12.4 Å². The predicted octanol–water partition coefficient (Wildman–Crippen LogP) is 3.72. The standard InChI is InChI=1S/C20H15N2.Ir/c1-21-15-22(20-10-6-5-9-19(20)21)18-13-11-17(12-14-18)16-7-3-2-4-8-16;/h2-13H,1H3;/q-1;. The van der Waals surface area contributed by atoms with Gasteiger partial charge in [0.2, 0.25) is 6.33 Å². The number of para-hydroxylation sites is 2. The molecule has 1 aromatic heterocycles. The first-order valence-corrected chi connectivity index (χ1v) is 7.29. The van der Waals surface area contributed by atoms with Crippen molar-refractivity contribution < 1.29 is 24.7 Å². The summed E-state index contributed by atoms with van der Waals surface area (Å²) in [4.78, 5) is 0. The second kappa shape index (κ2) is 6.49. The van der Waals surface area contributed by atoms with Crippen molar-refractivity contribution >= 4 is 11.0 Å². The zero-order chi connectivity index (χ0) is 14.9. The van der Waals surface area contributed by atoms with Crippen LogP contribution in [0.25, 0.3) is 27.8 Å². The van der Waals surface area contributed by atoms with E-state index in [1.54, 1.807) is 0 Å². The SMILES string of the molecule is C[n+]1[c-]n(-c2[c-]cc(-c3ccccc3)cc2)c2ccccc21.[Ir]. The molecule has 0 N–H and O–H groups in total. The first kappa shape index (κ1) is 15.7. The van der Waals surface area contributed by atoms with Gasteiger partial charge in [-0.25, -0.2) is 0 Å². The van der Waals surface area contributed by atoms with Gasteiger partial charge in [0.15, 0.2) is 0 Å². The molecule has 0 aliphatic heterocycles. The van der Waals surface area contributed by atoms with E-state index < -0.39 is 0 Å². The van der Waals surface area contributed by atoms with E-state index in [-0.39, 0.29) is 20.1 Å². The molecule has 0 fully saturated rings. The zero-order valence-electron chi connectivity index (χ0n) is 12.7. The van der Waals surface area contributed by atoms with E-state index >= 15 is 0 Å². The van der Waals surface area contributed by atoms with Crippen molar-refractivity contribution in [2.75, 3.05) is 0 Å². The summed E-state index contributed by atoms with van der Waals surface area (Å²) < 4.78 is 4.05. The number of aryl methyl sites for hydroxylation is 1. The molecule has 3 aromatic carbocycles. The third kappa shape index (κ3) is 2.86. The summed E-state index contributed by atoms with van der Waals surface area (Å²) in [5.41, 5.74) is 5.66. The van der Waals surface area contributed by atoms with Gasteiger partial charge in [0.05, 0.1) is 18.1 Å². The van der Waals surface area contributed by atoms with Crippen molar-refractivity contribution in [1.82, 2.24) is 4.57 Å². The Morgan fingerprint density at radius 2 is 1.57 bits per heavy atom. The predicted molar refractivity (Wildman–Crippen MR) is 87.6 cm³/mol. The van der Waals surface area contributed by atoms with Crippen LogP contribution in [-0.2, 0) is 27.2 Å². The Balaban J connectivity index is 0.00000156. The van der Waals surface area contributed by atoms with Crippen molar-refractivity contribution in [2.24, 2.45) is 7.05 Å². The van der Waals surface area contributed by atoms with Crippen LogP contribution in [0.1, 0.15) is 0 Å². The fraction of sp³-hybridized carbons (Fsp3) is 0.0500. The van der Waals surface area contributed by atoms with Gasteiger partial charge in [0.25, 0.3) is 0 Å². The van der Waals surface area contributed by atoms with Crippen molar-refractivity contribution in [1.29, 1.82) is 0 Å². The summed E-state index contributed by atoms with van der Waals surface area (Å²) in [5, 5.41) is 0. The zero-order valence-corrected chi connectivity index (χ0v) is 15.1. The van der Waals surface area contributed by atoms with Crippen LogP contribution in [0.2, 0.25) is 0 Å². The molecule has 3 heteroatoms. The number of imidazole rings is 1. The fourth-order valence-corrected chi connectivity index (χ4v) is 2.74. The van der Waals surface area contributed by atoms with Gasteiger partial charge < -0.3 is 9.13 Å². The van der Waals surface area contributed by atoms with E-state index in [0.717, 1.165) is 16.7 Å². The van der Waals surface area contributed by atoms with Gasteiger partial charge in [-0.1, -0.05) is 65.8 Å². The number of rotatable bonds is 2. The first-order chi connectivity index (χ1) is 10.8. The average Bonchev–Trinajstić information content (AvgIpc) is 2.93. The van der Waals surface area contributed by atoms with Crippen LogP contribution < -0.4 is 4.57 Å². The van der Waals surface area contributed by atoms with Crippen LogP contribution in [0.4, 0.5) is 0 Å². The van der Waals surface area contributed by atoms with E-state index in [1.165, 1.54) is 11.1 Å². The maximum atomic E-state index is 3.38. The van der Waals surface area contributed by atoms with E-state index in [1.807, 2.05) is 40.4 Å². The quantitative estimate of drug-likeness (QED) is 0.309. The van der Waals surface area contributed by atoms with Crippen molar-refractivity contribution in [3.63, 3.8) is 0 Å². The molecular weight excluding hydrogens is 460 g/mol. The van der Waals surface area contributed by atoms with Crippen LogP contribution in [0.5, 0.6) is 0 Å². The Bertz CT molecular complexity index is 925. The molecule has 23 heavy (non-hydrogen) atoms. The number of hydrogen-bond acceptors (Lipinski definition) is 0. The van der Waals surface area contributed by atoms with Crippen molar-refractivity contribution in [3.05, 3.63) is 85.2 Å². The van der Waals surface area contributed by atoms with E-state index in [4.69, 9.17) is 0 Å². The minimum atomic E-state index is 0. The number of benzene rings is 3. The van der Waals surface area contributed by atoms with Gasteiger partial charge in [0.1, 0.15) is 0 Å². The molecule has 0 bridgehead atoms. The average molecular weight is 476 g/mol. The Morgan fingerprint density at radius 3 is 2.30 bits per heavy atom. The molecule has 0 atom stereocenters. The van der Waals surface area contributed by atoms with Crippen LogP contribution in [0.3, 0.4) is 0 Å². The molecule has 0 saturated carbocycles. The molecule has 0 spiro atoms. The molecule has 4 rings (SSSR count). The Morgan fingerprint density at radius 1 is 0.826 bits per heavy atom. The summed E-state index contributed by atoms with van der Waals surface area (Å²) in [6.45, 7) is 0. The van der Waals surface area contributed by atoms with Gasteiger partial charge in [0, 0.05) is 20.1 Å². The molecule has 0 aliphatic carbocycles. The maximum Gasteiger partial charge on any atom is 0.242 e. The van der Waals surface area contributed by atoms with Gasteiger partial charge >= 0.3 is 0 Å². The monoisotopic (exact) mass is 476 g/mol. The van der Waals surface area contributed by atoms with Crippen molar-refractivity contribution in [2.45, 2.75) is 0 Å². The van der Waals surface area contributed by atoms with E-state index in [0.29, 0.717) is 0 Å². The topological polar surface area (TPSA) is 8.81 Å². The van der Waals surface area contributed by atoms with Gasteiger partial charge in [-0.15, -0.1) is 5.56 Å². The molecule has 2 nitrogen and oxygen atoms in total. The number of hydrogen-bond donors (Lipinski definition) is 0. The molecule has 0 amide bonds. The maximum absolute atomic E-state index is 3.38. The fourth-order valence-electron chi connectivity index (χ4n) is 2.74. The molecular formula is C20H15IrN2-. The molecule has 1 radical (unpaired) electrons. The van der Waals surface area contributed by atoms with Gasteiger partial charge in [-0.3, -0.25) is 0 Å². The minimum Gasteiger partial charge on any atom is -0.342 e. The number of nitrogens with zero attached hydrogens (tertiary/aromatic N) is 2. The molecule has 0 aliphatic rings. The summed E-state index contributed by atoms with van der Waals surface area (Å²) in [6, 6.07) is 28.3. The van der Waals surface area contributed by atoms with Crippen LogP contribution in [-0.4, -0.2) is 4.57 Å². The summed E-state index contributed by atoms with van der Waals surface area (Å²) in [5.74, 6) is 0. The first-order valence-electron chi connectivity index (χ1n) is 7.29. The molecule has 0 saturated heterocycles. The summed E-state index contributed by atoms with van der Waals surface area (Å²) >= 11 is 0. The smallest absolute Gasteiger partial charge is 0.242 e. The normalized spacial score (nSPS) is 10.5. The van der Waals surface area contributed by atoms with Crippen LogP contribution >= 0.6 is 0 Å². The third-order valence-electron chi connectivity index (χ3n) is 3.88. The third-order valence-corrected chi connectivity index (χ3v) is 3.88. The largest absolute Gasteiger partial charge is 0.342 e.